The van der Waals surface area contributed by atoms with Gasteiger partial charge in [0.15, 0.2) is 0 Å². The van der Waals surface area contributed by atoms with E-state index in [0.717, 1.165) is 45.0 Å². The minimum absolute atomic E-state index is 0.0130. The first-order chi connectivity index (χ1) is 16.2. The van der Waals surface area contributed by atoms with Gasteiger partial charge in [-0.3, -0.25) is 9.69 Å². The molecule has 2 saturated carbocycles. The van der Waals surface area contributed by atoms with Crippen LogP contribution in [0.4, 0.5) is 18.9 Å². The Morgan fingerprint density at radius 2 is 1.91 bits per heavy atom. The Labute approximate surface area is 198 Å². The molecule has 0 bridgehead atoms. The number of nitrogens with zero attached hydrogens (tertiary/aromatic N) is 2. The van der Waals surface area contributed by atoms with Crippen LogP contribution in [0.3, 0.4) is 0 Å². The summed E-state index contributed by atoms with van der Waals surface area (Å²) in [5.74, 6) is 0.562. The molecule has 3 heterocycles. The number of anilines is 1. The Balaban J connectivity index is 1.10. The predicted molar refractivity (Wildman–Crippen MR) is 120 cm³/mol. The van der Waals surface area contributed by atoms with Gasteiger partial charge in [0.1, 0.15) is 6.10 Å². The quantitative estimate of drug-likeness (QED) is 0.477. The molecule has 0 radical (unpaired) electrons. The molecular weight excluding hydrogens is 445 g/mol. The Morgan fingerprint density at radius 3 is 2.62 bits per heavy atom. The number of halogens is 3. The monoisotopic (exact) mass is 478 g/mol. The van der Waals surface area contributed by atoms with E-state index in [1.807, 2.05) is 4.90 Å². The zero-order chi connectivity index (χ0) is 23.7. The van der Waals surface area contributed by atoms with E-state index >= 15 is 0 Å². The summed E-state index contributed by atoms with van der Waals surface area (Å²) < 4.78 is 51.2. The first-order valence-electron chi connectivity index (χ1n) is 12.7. The van der Waals surface area contributed by atoms with Crippen LogP contribution in [0.15, 0.2) is 24.3 Å². The second-order valence-electron chi connectivity index (χ2n) is 11.4. The van der Waals surface area contributed by atoms with Crippen LogP contribution in [0.2, 0.25) is 0 Å². The molecule has 0 aromatic heterocycles. The Morgan fingerprint density at radius 1 is 1.15 bits per heavy atom. The molecule has 5 fully saturated rings. The second kappa shape index (κ2) is 7.85. The van der Waals surface area contributed by atoms with Gasteiger partial charge in [0.05, 0.1) is 23.7 Å². The number of alkyl halides is 3. The van der Waals surface area contributed by atoms with Crippen molar-refractivity contribution < 1.29 is 27.4 Å². The van der Waals surface area contributed by atoms with Crippen molar-refractivity contribution in [1.29, 1.82) is 0 Å². The van der Waals surface area contributed by atoms with Crippen molar-refractivity contribution in [2.75, 3.05) is 44.2 Å². The molecule has 6 rings (SSSR count). The van der Waals surface area contributed by atoms with Gasteiger partial charge in [-0.1, -0.05) is 13.0 Å². The largest absolute Gasteiger partial charge is 0.462 e. The Bertz CT molecular complexity index is 957. The van der Waals surface area contributed by atoms with Crippen LogP contribution in [0.1, 0.15) is 44.6 Å². The Kier molecular flexibility index (Phi) is 5.23. The number of hydrogen-bond donors (Lipinski definition) is 0. The van der Waals surface area contributed by atoms with E-state index in [4.69, 9.17) is 9.47 Å². The fourth-order valence-electron chi connectivity index (χ4n) is 7.51. The molecule has 2 aliphatic carbocycles. The van der Waals surface area contributed by atoms with Gasteiger partial charge >= 0.3 is 12.1 Å². The lowest BCUT2D eigenvalue weighted by Crippen LogP contribution is -2.52. The molecule has 6 atom stereocenters. The summed E-state index contributed by atoms with van der Waals surface area (Å²) >= 11 is 0. The van der Waals surface area contributed by atoms with Gasteiger partial charge in [-0.15, -0.1) is 0 Å². The Hall–Kier alpha value is -1.80. The molecule has 34 heavy (non-hydrogen) atoms. The molecule has 8 heteroatoms. The molecule has 5 aliphatic rings. The molecule has 1 aromatic carbocycles. The summed E-state index contributed by atoms with van der Waals surface area (Å²) in [5.41, 5.74) is 0.233. The molecule has 5 nitrogen and oxygen atoms in total. The zero-order valence-corrected chi connectivity index (χ0v) is 19.7. The van der Waals surface area contributed by atoms with Gasteiger partial charge in [0.25, 0.3) is 0 Å². The van der Waals surface area contributed by atoms with Gasteiger partial charge in [0.2, 0.25) is 0 Å². The number of esters is 1. The first-order valence-corrected chi connectivity index (χ1v) is 12.7. The molecule has 0 N–H and O–H groups in total. The van der Waals surface area contributed by atoms with Crippen LogP contribution in [0.5, 0.6) is 0 Å². The van der Waals surface area contributed by atoms with Crippen molar-refractivity contribution in [2.24, 2.45) is 23.2 Å². The van der Waals surface area contributed by atoms with Crippen molar-refractivity contribution in [2.45, 2.75) is 56.9 Å². The predicted octanol–water partition coefficient (Wildman–Crippen LogP) is 4.35. The lowest BCUT2D eigenvalue weighted by molar-refractivity contribution is -0.147. The third-order valence-electron chi connectivity index (χ3n) is 9.45. The maximum Gasteiger partial charge on any atom is 0.416 e. The summed E-state index contributed by atoms with van der Waals surface area (Å²) in [4.78, 5) is 17.2. The molecule has 0 amide bonds. The van der Waals surface area contributed by atoms with Crippen LogP contribution < -0.4 is 4.90 Å². The molecular formula is C26H33F3N2O3. The number of ether oxygens (including phenoxy) is 2. The highest BCUT2D eigenvalue weighted by Crippen LogP contribution is 2.62. The summed E-state index contributed by atoms with van der Waals surface area (Å²) in [6, 6.07) is 5.55. The lowest BCUT2D eigenvalue weighted by atomic mass is 9.53. The summed E-state index contributed by atoms with van der Waals surface area (Å²) in [7, 11) is 0. The van der Waals surface area contributed by atoms with Crippen LogP contribution in [-0.2, 0) is 20.4 Å². The second-order valence-corrected chi connectivity index (χ2v) is 11.4. The first kappa shape index (κ1) is 22.7. The third-order valence-corrected chi connectivity index (χ3v) is 9.45. The molecule has 0 unspecified atom stereocenters. The highest BCUT2D eigenvalue weighted by Gasteiger charge is 2.65. The van der Waals surface area contributed by atoms with Gasteiger partial charge in [0, 0.05) is 44.3 Å². The molecule has 186 valence electrons. The smallest absolute Gasteiger partial charge is 0.416 e. The minimum Gasteiger partial charge on any atom is -0.462 e. The molecule has 1 spiro atoms. The number of hydrogen-bond acceptors (Lipinski definition) is 5. The SMILES string of the molecule is C[C@]12CCC[C@]3(CO3)[C@@H]1C[C@@H]1[C@@H](C2)OC(=O)[C@@H]1CN1CCN(c2cccc(C(F)(F)F)c2)CC1. The van der Waals surface area contributed by atoms with E-state index < -0.39 is 11.7 Å². The van der Waals surface area contributed by atoms with Crippen LogP contribution in [0, 0.1) is 23.2 Å². The average molecular weight is 479 g/mol. The third kappa shape index (κ3) is 3.81. The van der Waals surface area contributed by atoms with Gasteiger partial charge in [-0.2, -0.15) is 13.2 Å². The number of epoxide rings is 1. The van der Waals surface area contributed by atoms with Gasteiger partial charge in [-0.05, 0) is 61.6 Å². The average Bonchev–Trinajstić information content (AvgIpc) is 3.50. The molecule has 3 aliphatic heterocycles. The van der Waals surface area contributed by atoms with E-state index in [2.05, 4.69) is 11.8 Å². The summed E-state index contributed by atoms with van der Waals surface area (Å²) in [6.45, 7) is 6.65. The van der Waals surface area contributed by atoms with Crippen molar-refractivity contribution in [3.8, 4) is 0 Å². The van der Waals surface area contributed by atoms with E-state index in [9.17, 15) is 18.0 Å². The van der Waals surface area contributed by atoms with Crippen LogP contribution in [-0.4, -0.2) is 61.9 Å². The van der Waals surface area contributed by atoms with Gasteiger partial charge in [-0.25, -0.2) is 0 Å². The van der Waals surface area contributed by atoms with Crippen molar-refractivity contribution in [3.63, 3.8) is 0 Å². The highest BCUT2D eigenvalue weighted by atomic mass is 19.4. The number of carbonyl (C=O) groups is 1. The topological polar surface area (TPSA) is 45.3 Å². The van der Waals surface area contributed by atoms with Crippen LogP contribution in [0.25, 0.3) is 0 Å². The zero-order valence-electron chi connectivity index (χ0n) is 19.7. The van der Waals surface area contributed by atoms with E-state index in [-0.39, 0.29) is 34.9 Å². The maximum absolute atomic E-state index is 13.1. The van der Waals surface area contributed by atoms with Gasteiger partial charge < -0.3 is 14.4 Å². The van der Waals surface area contributed by atoms with Crippen LogP contribution >= 0.6 is 0 Å². The fraction of sp³-hybridized carbons (Fsp3) is 0.731. The van der Waals surface area contributed by atoms with Crippen molar-refractivity contribution >= 4 is 11.7 Å². The lowest BCUT2D eigenvalue weighted by Gasteiger charge is -2.51. The standard InChI is InChI=1S/C26H33F3N2O3/c1-24-6-3-7-25(16-33-25)22(24)13-19-20(23(32)34-21(19)14-24)15-30-8-10-31(11-9-30)18-5-2-4-17(12-18)26(27,28)29/h2,4-5,12,19-22H,3,6-11,13-16H2,1H3/t19-,20+,21+,22+,24+,25-/m0/s1. The number of fused-ring (bicyclic) bond motifs is 3. The summed E-state index contributed by atoms with van der Waals surface area (Å²) in [6.07, 6.45) is 1.14. The van der Waals surface area contributed by atoms with E-state index in [1.54, 1.807) is 6.07 Å². The molecule has 3 saturated heterocycles. The maximum atomic E-state index is 13.1. The fourth-order valence-corrected chi connectivity index (χ4v) is 7.51. The van der Waals surface area contributed by atoms with Crippen molar-refractivity contribution in [1.82, 2.24) is 4.90 Å². The number of rotatable bonds is 3. The highest BCUT2D eigenvalue weighted by molar-refractivity contribution is 5.75. The summed E-state index contributed by atoms with van der Waals surface area (Å²) in [5, 5.41) is 0. The minimum atomic E-state index is -4.34. The number of piperazine rings is 1. The van der Waals surface area contributed by atoms with Crippen molar-refractivity contribution in [3.05, 3.63) is 29.8 Å². The number of carbonyl (C=O) groups excluding carboxylic acids is 1. The van der Waals surface area contributed by atoms with E-state index in [0.29, 0.717) is 31.2 Å². The van der Waals surface area contributed by atoms with E-state index in [1.165, 1.54) is 25.0 Å². The molecule has 1 aromatic rings. The normalized spacial score (nSPS) is 40.1. The number of benzene rings is 1.